The van der Waals surface area contributed by atoms with E-state index in [1.807, 2.05) is 12.1 Å². The van der Waals surface area contributed by atoms with E-state index >= 15 is 0 Å². The highest BCUT2D eigenvalue weighted by atomic mass is 16.3. The summed E-state index contributed by atoms with van der Waals surface area (Å²) in [6.45, 7) is 2.15. The standard InChI is InChI=1S/C22H28N2O4/c1-2-3-4-5-17-6-8-18(9-7-17)10-11-20-14-24(22(28)23-21(20)27)13-12-19(15-25)16-26/h6-9,14,19,25-26H,2-5,12-13,15-16H2,1H3,(H,23,27,28). The van der Waals surface area contributed by atoms with E-state index < -0.39 is 11.2 Å². The average molecular weight is 384 g/mol. The van der Waals surface area contributed by atoms with Crippen molar-refractivity contribution in [2.45, 2.75) is 45.6 Å². The third-order valence-corrected chi connectivity index (χ3v) is 4.67. The Morgan fingerprint density at radius 1 is 1.07 bits per heavy atom. The summed E-state index contributed by atoms with van der Waals surface area (Å²) < 4.78 is 1.35. The van der Waals surface area contributed by atoms with E-state index in [9.17, 15) is 9.59 Å². The number of hydrogen-bond acceptors (Lipinski definition) is 4. The highest BCUT2D eigenvalue weighted by Gasteiger charge is 2.08. The first-order chi connectivity index (χ1) is 13.6. The molecule has 0 unspecified atom stereocenters. The molecule has 6 nitrogen and oxygen atoms in total. The summed E-state index contributed by atoms with van der Waals surface area (Å²) in [7, 11) is 0. The van der Waals surface area contributed by atoms with Crippen molar-refractivity contribution in [1.29, 1.82) is 0 Å². The summed E-state index contributed by atoms with van der Waals surface area (Å²) in [5.41, 5.74) is 1.23. The molecule has 0 bridgehead atoms. The third-order valence-electron chi connectivity index (χ3n) is 4.67. The topological polar surface area (TPSA) is 95.3 Å². The van der Waals surface area contributed by atoms with Gasteiger partial charge in [0.1, 0.15) is 5.56 Å². The van der Waals surface area contributed by atoms with Gasteiger partial charge < -0.3 is 10.2 Å². The zero-order chi connectivity index (χ0) is 20.4. The number of nitrogens with one attached hydrogen (secondary N) is 1. The second-order valence-electron chi connectivity index (χ2n) is 6.92. The van der Waals surface area contributed by atoms with E-state index in [0.29, 0.717) is 6.42 Å². The summed E-state index contributed by atoms with van der Waals surface area (Å²) in [5, 5.41) is 18.3. The van der Waals surface area contributed by atoms with Crippen LogP contribution in [0.4, 0.5) is 0 Å². The molecule has 2 rings (SSSR count). The van der Waals surface area contributed by atoms with Gasteiger partial charge in [0.05, 0.1) is 0 Å². The molecule has 0 aliphatic heterocycles. The zero-order valence-electron chi connectivity index (χ0n) is 16.3. The molecule has 0 atom stereocenters. The molecule has 0 radical (unpaired) electrons. The van der Waals surface area contributed by atoms with E-state index in [0.717, 1.165) is 12.0 Å². The van der Waals surface area contributed by atoms with Gasteiger partial charge in [0, 0.05) is 37.4 Å². The lowest BCUT2D eigenvalue weighted by Crippen LogP contribution is -2.32. The van der Waals surface area contributed by atoms with E-state index in [-0.39, 0.29) is 31.2 Å². The molecule has 28 heavy (non-hydrogen) atoms. The lowest BCUT2D eigenvalue weighted by Gasteiger charge is -2.11. The van der Waals surface area contributed by atoms with Crippen molar-refractivity contribution in [3.05, 3.63) is 68.0 Å². The summed E-state index contributed by atoms with van der Waals surface area (Å²) in [5.74, 6) is 5.50. The minimum absolute atomic E-state index is 0.157. The van der Waals surface area contributed by atoms with Crippen molar-refractivity contribution >= 4 is 0 Å². The molecule has 0 fully saturated rings. The largest absolute Gasteiger partial charge is 0.396 e. The number of benzene rings is 1. The smallest absolute Gasteiger partial charge is 0.328 e. The van der Waals surface area contributed by atoms with E-state index in [1.54, 1.807) is 0 Å². The Balaban J connectivity index is 2.12. The van der Waals surface area contributed by atoms with Crippen LogP contribution in [0.1, 0.15) is 49.3 Å². The molecule has 2 aromatic rings. The number of nitrogens with zero attached hydrogens (tertiary/aromatic N) is 1. The Hall–Kier alpha value is -2.62. The minimum atomic E-state index is -0.526. The Morgan fingerprint density at radius 3 is 2.43 bits per heavy atom. The highest BCUT2D eigenvalue weighted by Crippen LogP contribution is 2.08. The van der Waals surface area contributed by atoms with Gasteiger partial charge in [-0.1, -0.05) is 43.7 Å². The van der Waals surface area contributed by atoms with Crippen LogP contribution in [0.2, 0.25) is 0 Å². The number of aliphatic hydroxyl groups excluding tert-OH is 2. The Morgan fingerprint density at radius 2 is 1.79 bits per heavy atom. The second kappa shape index (κ2) is 11.3. The maximum absolute atomic E-state index is 12.0. The summed E-state index contributed by atoms with van der Waals surface area (Å²) in [4.78, 5) is 26.2. The quantitative estimate of drug-likeness (QED) is 0.453. The highest BCUT2D eigenvalue weighted by molar-refractivity contribution is 5.42. The van der Waals surface area contributed by atoms with Crippen LogP contribution >= 0.6 is 0 Å². The van der Waals surface area contributed by atoms with E-state index in [2.05, 4.69) is 35.9 Å². The number of aliphatic hydroxyl groups is 2. The Kier molecular flexibility index (Phi) is 8.73. The van der Waals surface area contributed by atoms with Crippen molar-refractivity contribution in [2.24, 2.45) is 5.92 Å². The molecule has 3 N–H and O–H groups in total. The van der Waals surface area contributed by atoms with Gasteiger partial charge in [-0.2, -0.15) is 0 Å². The third kappa shape index (κ3) is 6.52. The normalized spacial score (nSPS) is 10.7. The number of hydrogen-bond donors (Lipinski definition) is 3. The molecule has 0 spiro atoms. The summed E-state index contributed by atoms with van der Waals surface area (Å²) >= 11 is 0. The van der Waals surface area contributed by atoms with Crippen LogP contribution in [-0.2, 0) is 13.0 Å². The molecule has 0 aliphatic rings. The van der Waals surface area contributed by atoms with Gasteiger partial charge >= 0.3 is 5.69 Å². The predicted molar refractivity (Wildman–Crippen MR) is 109 cm³/mol. The maximum atomic E-state index is 12.0. The summed E-state index contributed by atoms with van der Waals surface area (Å²) in [6.07, 6.45) is 6.49. The molecule has 0 saturated heterocycles. The first kappa shape index (κ1) is 21.7. The van der Waals surface area contributed by atoms with Crippen molar-refractivity contribution in [1.82, 2.24) is 9.55 Å². The monoisotopic (exact) mass is 384 g/mol. The molecule has 1 heterocycles. The van der Waals surface area contributed by atoms with Crippen LogP contribution in [0.15, 0.2) is 40.1 Å². The van der Waals surface area contributed by atoms with Crippen LogP contribution < -0.4 is 11.2 Å². The lowest BCUT2D eigenvalue weighted by molar-refractivity contribution is 0.140. The number of rotatable bonds is 9. The predicted octanol–water partition coefficient (Wildman–Crippen LogP) is 1.66. The van der Waals surface area contributed by atoms with Crippen LogP contribution in [0, 0.1) is 17.8 Å². The number of H-pyrrole nitrogens is 1. The molecular formula is C22H28N2O4. The lowest BCUT2D eigenvalue weighted by atomic mass is 10.1. The Bertz CT molecular complexity index is 913. The first-order valence-corrected chi connectivity index (χ1v) is 9.73. The van der Waals surface area contributed by atoms with E-state index in [1.165, 1.54) is 35.6 Å². The first-order valence-electron chi connectivity index (χ1n) is 9.73. The van der Waals surface area contributed by atoms with Crippen LogP contribution in [0.5, 0.6) is 0 Å². The molecule has 0 amide bonds. The summed E-state index contributed by atoms with van der Waals surface area (Å²) in [6, 6.07) is 7.97. The van der Waals surface area contributed by atoms with Crippen molar-refractivity contribution in [3.63, 3.8) is 0 Å². The minimum Gasteiger partial charge on any atom is -0.396 e. The molecular weight excluding hydrogens is 356 g/mol. The van der Waals surface area contributed by atoms with Gasteiger partial charge in [-0.15, -0.1) is 0 Å². The van der Waals surface area contributed by atoms with Gasteiger partial charge in [-0.25, -0.2) is 4.79 Å². The number of unbranched alkanes of at least 4 members (excludes halogenated alkanes) is 2. The molecule has 0 saturated carbocycles. The van der Waals surface area contributed by atoms with Gasteiger partial charge in [-0.05, 0) is 37.0 Å². The van der Waals surface area contributed by atoms with Gasteiger partial charge in [0.25, 0.3) is 5.56 Å². The van der Waals surface area contributed by atoms with Crippen molar-refractivity contribution in [3.8, 4) is 11.8 Å². The fourth-order valence-electron chi connectivity index (χ4n) is 2.80. The fraction of sp³-hybridized carbons (Fsp3) is 0.455. The molecule has 6 heteroatoms. The maximum Gasteiger partial charge on any atom is 0.328 e. The SMILES string of the molecule is CCCCCc1ccc(C#Cc2cn(CCC(CO)CO)c(=O)[nH]c2=O)cc1. The Labute approximate surface area is 164 Å². The zero-order valence-corrected chi connectivity index (χ0v) is 16.3. The van der Waals surface area contributed by atoms with Crippen LogP contribution in [-0.4, -0.2) is 33.0 Å². The van der Waals surface area contributed by atoms with Gasteiger partial charge in [0.2, 0.25) is 0 Å². The molecule has 0 aliphatic carbocycles. The number of aromatic amines is 1. The van der Waals surface area contributed by atoms with Gasteiger partial charge in [-0.3, -0.25) is 14.3 Å². The van der Waals surface area contributed by atoms with E-state index in [4.69, 9.17) is 10.2 Å². The number of aryl methyl sites for hydroxylation is 2. The molecule has 1 aromatic carbocycles. The van der Waals surface area contributed by atoms with Crippen molar-refractivity contribution < 1.29 is 10.2 Å². The van der Waals surface area contributed by atoms with Crippen LogP contribution in [0.25, 0.3) is 0 Å². The molecule has 1 aromatic heterocycles. The van der Waals surface area contributed by atoms with Crippen molar-refractivity contribution in [2.75, 3.05) is 13.2 Å². The van der Waals surface area contributed by atoms with Crippen LogP contribution in [0.3, 0.4) is 0 Å². The fourth-order valence-corrected chi connectivity index (χ4v) is 2.80. The van der Waals surface area contributed by atoms with Gasteiger partial charge in [0.15, 0.2) is 0 Å². The molecule has 150 valence electrons. The average Bonchev–Trinajstić information content (AvgIpc) is 2.70. The number of aromatic nitrogens is 2. The second-order valence-corrected chi connectivity index (χ2v) is 6.92.